The van der Waals surface area contributed by atoms with Gasteiger partial charge in [-0.2, -0.15) is 0 Å². The number of ether oxygens (including phenoxy) is 2. The van der Waals surface area contributed by atoms with Gasteiger partial charge in [-0.3, -0.25) is 9.32 Å². The second kappa shape index (κ2) is 8.27. The molecule has 3 N–H and O–H groups in total. The Hall–Kier alpha value is -3.99. The third-order valence-corrected chi connectivity index (χ3v) is 5.82. The SMILES string of the molecule is CCOC(=O)c1cc(C)nc2sc(C(=O)c3c(=O)o[nH][n+]3-c3ccc(OC)cc3)c(N)c12. The smallest absolute Gasteiger partial charge is 0.439 e. The van der Waals surface area contributed by atoms with Crippen molar-refractivity contribution in [3.05, 3.63) is 62.6 Å². The number of nitrogens with one attached hydrogen (secondary N) is 1. The Balaban J connectivity index is 1.86. The number of benzene rings is 1. The number of carbonyl (C=O) groups is 2. The number of pyridine rings is 1. The number of ketones is 1. The molecule has 11 heteroatoms. The van der Waals surface area contributed by atoms with Crippen LogP contribution in [0, 0.1) is 6.92 Å². The van der Waals surface area contributed by atoms with Crippen molar-refractivity contribution in [2.45, 2.75) is 13.8 Å². The minimum Gasteiger partial charge on any atom is -0.497 e. The van der Waals surface area contributed by atoms with E-state index in [1.165, 1.54) is 11.8 Å². The molecule has 3 heterocycles. The molecule has 0 aliphatic carbocycles. The van der Waals surface area contributed by atoms with Gasteiger partial charge in [-0.25, -0.2) is 14.6 Å². The Bertz CT molecular complexity index is 1400. The van der Waals surface area contributed by atoms with Gasteiger partial charge in [0.15, 0.2) is 0 Å². The molecule has 4 rings (SSSR count). The number of thiophene rings is 1. The Morgan fingerprint density at radius 1 is 1.28 bits per heavy atom. The van der Waals surface area contributed by atoms with Crippen molar-refractivity contribution in [1.29, 1.82) is 0 Å². The van der Waals surface area contributed by atoms with Crippen LogP contribution >= 0.6 is 11.3 Å². The molecule has 0 bridgehead atoms. The number of hydrogen-bond donors (Lipinski definition) is 2. The third-order valence-electron chi connectivity index (χ3n) is 4.72. The van der Waals surface area contributed by atoms with Crippen LogP contribution in [0.15, 0.2) is 39.6 Å². The third kappa shape index (κ3) is 3.52. The minimum atomic E-state index is -0.863. The first-order valence-corrected chi connectivity index (χ1v) is 10.4. The van der Waals surface area contributed by atoms with Crippen molar-refractivity contribution in [3.63, 3.8) is 0 Å². The first-order chi connectivity index (χ1) is 15.3. The molecule has 0 saturated heterocycles. The second-order valence-corrected chi connectivity index (χ2v) is 7.75. The van der Waals surface area contributed by atoms with Gasteiger partial charge in [-0.1, -0.05) is 0 Å². The largest absolute Gasteiger partial charge is 0.497 e. The molecular weight excluding hydrogens is 436 g/mol. The number of H-pyrrole nitrogens is 1. The van der Waals surface area contributed by atoms with Crippen molar-refractivity contribution in [2.75, 3.05) is 19.5 Å². The topological polar surface area (TPSA) is 141 Å². The fourth-order valence-corrected chi connectivity index (χ4v) is 4.38. The summed E-state index contributed by atoms with van der Waals surface area (Å²) in [5.41, 5.74) is 6.44. The van der Waals surface area contributed by atoms with Crippen LogP contribution in [-0.4, -0.2) is 35.7 Å². The number of rotatable bonds is 6. The monoisotopic (exact) mass is 455 g/mol. The molecule has 0 unspecified atom stereocenters. The average Bonchev–Trinajstić information content (AvgIpc) is 3.33. The number of carbonyl (C=O) groups excluding carboxylic acids is 2. The van der Waals surface area contributed by atoms with Gasteiger partial charge in [0.25, 0.3) is 5.78 Å². The number of anilines is 1. The molecule has 0 saturated carbocycles. The van der Waals surface area contributed by atoms with Gasteiger partial charge in [0.1, 0.15) is 15.5 Å². The predicted octanol–water partition coefficient (Wildman–Crippen LogP) is 2.16. The number of aromatic nitrogens is 3. The van der Waals surface area contributed by atoms with Crippen molar-refractivity contribution in [3.8, 4) is 11.4 Å². The molecule has 32 heavy (non-hydrogen) atoms. The highest BCUT2D eigenvalue weighted by Gasteiger charge is 2.35. The van der Waals surface area contributed by atoms with Gasteiger partial charge in [-0.05, 0) is 42.0 Å². The lowest BCUT2D eigenvalue weighted by molar-refractivity contribution is -0.672. The van der Waals surface area contributed by atoms with Gasteiger partial charge in [-0.15, -0.1) is 11.3 Å². The van der Waals surface area contributed by atoms with E-state index in [0.717, 1.165) is 11.3 Å². The molecule has 0 radical (unpaired) electrons. The first kappa shape index (κ1) is 21.2. The number of nitrogens with zero attached hydrogens (tertiary/aromatic N) is 2. The lowest BCUT2D eigenvalue weighted by atomic mass is 10.1. The molecule has 1 aromatic carbocycles. The van der Waals surface area contributed by atoms with Crippen LogP contribution in [-0.2, 0) is 4.74 Å². The van der Waals surface area contributed by atoms with Gasteiger partial charge in [0, 0.05) is 23.2 Å². The first-order valence-electron chi connectivity index (χ1n) is 9.55. The Morgan fingerprint density at radius 3 is 2.66 bits per heavy atom. The van der Waals surface area contributed by atoms with E-state index in [0.29, 0.717) is 27.3 Å². The zero-order valence-electron chi connectivity index (χ0n) is 17.4. The highest BCUT2D eigenvalue weighted by molar-refractivity contribution is 7.21. The predicted molar refractivity (Wildman–Crippen MR) is 116 cm³/mol. The Morgan fingerprint density at radius 2 is 2.00 bits per heavy atom. The van der Waals surface area contributed by atoms with Crippen LogP contribution in [0.25, 0.3) is 15.9 Å². The fraction of sp³-hybridized carbons (Fsp3) is 0.190. The molecular formula is C21H19N4O6S+. The maximum absolute atomic E-state index is 13.4. The Labute approximate surface area is 185 Å². The molecule has 0 aliphatic rings. The summed E-state index contributed by atoms with van der Waals surface area (Å²) >= 11 is 0.992. The summed E-state index contributed by atoms with van der Waals surface area (Å²) in [5, 5.41) is 2.75. The molecule has 0 amide bonds. The van der Waals surface area contributed by atoms with E-state index in [9.17, 15) is 14.4 Å². The normalized spacial score (nSPS) is 11.0. The summed E-state index contributed by atoms with van der Waals surface area (Å²) in [6, 6.07) is 8.21. The van der Waals surface area contributed by atoms with Crippen molar-refractivity contribution >= 4 is 39.0 Å². The van der Waals surface area contributed by atoms with E-state index >= 15 is 0 Å². The summed E-state index contributed by atoms with van der Waals surface area (Å²) in [5.74, 6) is -0.625. The van der Waals surface area contributed by atoms with Gasteiger partial charge >= 0.3 is 17.3 Å². The quantitative estimate of drug-likeness (QED) is 0.256. The van der Waals surface area contributed by atoms with Crippen molar-refractivity contribution < 1.29 is 28.3 Å². The fourth-order valence-electron chi connectivity index (χ4n) is 3.27. The molecule has 0 fully saturated rings. The minimum absolute atomic E-state index is 0.0485. The van der Waals surface area contributed by atoms with E-state index in [1.54, 1.807) is 44.2 Å². The van der Waals surface area contributed by atoms with E-state index in [1.807, 2.05) is 0 Å². The summed E-state index contributed by atoms with van der Waals surface area (Å²) < 4.78 is 16.4. The number of hydrogen-bond acceptors (Lipinski definition) is 9. The molecule has 3 aromatic heterocycles. The number of nitrogens with two attached hydrogens (primary N) is 1. The maximum atomic E-state index is 13.4. The van der Waals surface area contributed by atoms with Crippen LogP contribution in [0.5, 0.6) is 5.75 Å². The molecule has 164 valence electrons. The summed E-state index contributed by atoms with van der Waals surface area (Å²) in [6.45, 7) is 3.60. The van der Waals surface area contributed by atoms with Crippen LogP contribution in [0.4, 0.5) is 5.69 Å². The molecule has 0 aliphatic heterocycles. The van der Waals surface area contributed by atoms with Gasteiger partial charge in [0.2, 0.25) is 5.69 Å². The maximum Gasteiger partial charge on any atom is 0.439 e. The van der Waals surface area contributed by atoms with Crippen LogP contribution in [0.3, 0.4) is 0 Å². The van der Waals surface area contributed by atoms with Crippen LogP contribution < -0.4 is 20.8 Å². The van der Waals surface area contributed by atoms with E-state index < -0.39 is 17.4 Å². The summed E-state index contributed by atoms with van der Waals surface area (Å²) in [4.78, 5) is 43.1. The molecule has 0 spiro atoms. The van der Waals surface area contributed by atoms with Crippen LogP contribution in [0.2, 0.25) is 0 Å². The average molecular weight is 455 g/mol. The van der Waals surface area contributed by atoms with E-state index in [4.69, 9.17) is 19.7 Å². The zero-order chi connectivity index (χ0) is 23.0. The zero-order valence-corrected chi connectivity index (χ0v) is 18.2. The summed E-state index contributed by atoms with van der Waals surface area (Å²) in [6.07, 6.45) is 0. The highest BCUT2D eigenvalue weighted by Crippen LogP contribution is 2.36. The number of esters is 1. The number of aryl methyl sites for hydroxylation is 1. The van der Waals surface area contributed by atoms with E-state index in [-0.39, 0.29) is 28.4 Å². The lowest BCUT2D eigenvalue weighted by Crippen LogP contribution is -2.41. The van der Waals surface area contributed by atoms with Crippen molar-refractivity contribution in [1.82, 2.24) is 10.3 Å². The summed E-state index contributed by atoms with van der Waals surface area (Å²) in [7, 11) is 1.53. The number of aromatic amines is 1. The second-order valence-electron chi connectivity index (χ2n) is 6.75. The Kier molecular flexibility index (Phi) is 5.49. The highest BCUT2D eigenvalue weighted by atomic mass is 32.1. The van der Waals surface area contributed by atoms with Gasteiger partial charge < -0.3 is 15.2 Å². The molecule has 4 aromatic rings. The van der Waals surface area contributed by atoms with Gasteiger partial charge in [0.05, 0.1) is 25.0 Å². The van der Waals surface area contributed by atoms with E-state index in [2.05, 4.69) is 10.3 Å². The van der Waals surface area contributed by atoms with Crippen LogP contribution in [0.1, 0.15) is 38.3 Å². The standard InChI is InChI=1S/C21H18N4O6S/c1-4-30-20(27)13-9-10(2)23-19-14(13)15(22)18(32-19)17(26)16-21(28)31-24-25(16)11-5-7-12(29-3)8-6-11/h5-9H,4H2,1-3H3,(H2-,22,24,26,28)/p+1. The number of nitrogen functional groups attached to an aromatic ring is 1. The van der Waals surface area contributed by atoms with Crippen molar-refractivity contribution in [2.24, 2.45) is 0 Å². The molecule has 10 nitrogen and oxygen atoms in total. The number of methoxy groups -OCH3 is 1. The number of fused-ring (bicyclic) bond motifs is 1. The molecule has 0 atom stereocenters. The lowest BCUT2D eigenvalue weighted by Gasteiger charge is -2.05.